The molecule has 0 bridgehead atoms. The van der Waals surface area contributed by atoms with E-state index >= 15 is 0 Å². The van der Waals surface area contributed by atoms with Crippen LogP contribution < -0.4 is 0 Å². The van der Waals surface area contributed by atoms with Crippen molar-refractivity contribution in [2.45, 2.75) is 45.8 Å². The smallest absolute Gasteiger partial charge is 0.262 e. The van der Waals surface area contributed by atoms with Gasteiger partial charge in [-0.2, -0.15) is 4.21 Å². The van der Waals surface area contributed by atoms with Crippen LogP contribution in [0.5, 0.6) is 0 Å². The summed E-state index contributed by atoms with van der Waals surface area (Å²) in [5.41, 5.74) is -0.765. The van der Waals surface area contributed by atoms with E-state index in [1.807, 2.05) is 34.6 Å². The van der Waals surface area contributed by atoms with Crippen LogP contribution in [-0.2, 0) is 19.7 Å². The highest BCUT2D eigenvalue weighted by molar-refractivity contribution is 7.75. The fourth-order valence-electron chi connectivity index (χ4n) is 1.35. The van der Waals surface area contributed by atoms with E-state index in [0.717, 1.165) is 0 Å². The highest BCUT2D eigenvalue weighted by Gasteiger charge is 2.46. The van der Waals surface area contributed by atoms with Gasteiger partial charge in [-0.3, -0.25) is 8.37 Å². The number of rotatable bonds is 0. The lowest BCUT2D eigenvalue weighted by atomic mass is 9.80. The van der Waals surface area contributed by atoms with Crippen LogP contribution in [-0.4, -0.2) is 15.4 Å². The third-order valence-electron chi connectivity index (χ3n) is 2.65. The predicted octanol–water partition coefficient (Wildman–Crippen LogP) is 1.81. The van der Waals surface area contributed by atoms with Crippen molar-refractivity contribution in [3.05, 3.63) is 0 Å². The molecule has 1 fully saturated rings. The maximum atomic E-state index is 11.1. The van der Waals surface area contributed by atoms with Crippen LogP contribution in [0.15, 0.2) is 0 Å². The minimum atomic E-state index is -1.60. The zero-order chi connectivity index (χ0) is 9.57. The van der Waals surface area contributed by atoms with Crippen LogP contribution in [0.3, 0.4) is 0 Å². The van der Waals surface area contributed by atoms with E-state index in [9.17, 15) is 4.21 Å². The first-order valence-corrected chi connectivity index (χ1v) is 5.06. The van der Waals surface area contributed by atoms with E-state index in [4.69, 9.17) is 8.37 Å². The monoisotopic (exact) mass is 192 g/mol. The van der Waals surface area contributed by atoms with Gasteiger partial charge in [-0.15, -0.1) is 0 Å². The largest absolute Gasteiger partial charge is 0.305 e. The van der Waals surface area contributed by atoms with Crippen molar-refractivity contribution in [3.8, 4) is 0 Å². The van der Waals surface area contributed by atoms with Crippen molar-refractivity contribution < 1.29 is 12.6 Å². The Morgan fingerprint density at radius 3 is 1.75 bits per heavy atom. The quantitative estimate of drug-likeness (QED) is 0.587. The van der Waals surface area contributed by atoms with Crippen molar-refractivity contribution in [3.63, 3.8) is 0 Å². The maximum absolute atomic E-state index is 11.1. The Morgan fingerprint density at radius 1 is 1.08 bits per heavy atom. The summed E-state index contributed by atoms with van der Waals surface area (Å²) in [6, 6.07) is 0. The zero-order valence-electron chi connectivity index (χ0n) is 8.21. The molecule has 0 amide bonds. The lowest BCUT2D eigenvalue weighted by Gasteiger charge is -2.44. The Kier molecular flexibility index (Phi) is 2.36. The summed E-state index contributed by atoms with van der Waals surface area (Å²) >= 11 is -1.60. The van der Waals surface area contributed by atoms with Gasteiger partial charge >= 0.3 is 11.4 Å². The second kappa shape index (κ2) is 2.79. The Balaban J connectivity index is 2.91. The number of hydrogen-bond acceptors (Lipinski definition) is 3. The molecule has 0 aliphatic carbocycles. The molecule has 0 aromatic rings. The maximum Gasteiger partial charge on any atom is 0.305 e. The Morgan fingerprint density at radius 2 is 1.42 bits per heavy atom. The van der Waals surface area contributed by atoms with Crippen molar-refractivity contribution in [2.24, 2.45) is 5.92 Å². The van der Waals surface area contributed by atoms with E-state index in [2.05, 4.69) is 0 Å². The molecule has 1 aliphatic rings. The molecular weight excluding hydrogens is 176 g/mol. The molecule has 0 spiro atoms. The molecule has 0 aromatic carbocycles. The van der Waals surface area contributed by atoms with Gasteiger partial charge in [0.15, 0.2) is 0 Å². The molecule has 0 N–H and O–H groups in total. The van der Waals surface area contributed by atoms with E-state index in [1.54, 1.807) is 0 Å². The first-order chi connectivity index (χ1) is 5.26. The van der Waals surface area contributed by atoms with Gasteiger partial charge in [-0.05, 0) is 27.7 Å². The SMILES string of the molecule is CC1C(C)(C)OS(=O)OC1(C)C. The summed E-state index contributed by atoms with van der Waals surface area (Å²) in [5.74, 6) is 0.211. The normalized spacial score (nSPS) is 39.4. The first kappa shape index (κ1) is 10.2. The summed E-state index contributed by atoms with van der Waals surface area (Å²) in [4.78, 5) is 0. The Hall–Kier alpha value is 0.0700. The van der Waals surface area contributed by atoms with Crippen LogP contribution in [0.2, 0.25) is 0 Å². The second-order valence-corrected chi connectivity index (χ2v) is 5.04. The average molecular weight is 192 g/mol. The van der Waals surface area contributed by atoms with Gasteiger partial charge in [0.25, 0.3) is 0 Å². The first-order valence-electron chi connectivity index (χ1n) is 4.06. The molecule has 0 radical (unpaired) electrons. The van der Waals surface area contributed by atoms with Crippen LogP contribution >= 0.6 is 0 Å². The van der Waals surface area contributed by atoms with Gasteiger partial charge in [0.05, 0.1) is 11.2 Å². The van der Waals surface area contributed by atoms with E-state index < -0.39 is 11.4 Å². The highest BCUT2D eigenvalue weighted by atomic mass is 32.2. The third kappa shape index (κ3) is 1.70. The van der Waals surface area contributed by atoms with Gasteiger partial charge in [0.2, 0.25) is 0 Å². The lowest BCUT2D eigenvalue weighted by Crippen LogP contribution is -2.52. The minimum Gasteiger partial charge on any atom is -0.262 e. The molecule has 1 rings (SSSR count). The second-order valence-electron chi connectivity index (χ2n) is 4.30. The minimum absolute atomic E-state index is 0.211. The summed E-state index contributed by atoms with van der Waals surface area (Å²) < 4.78 is 21.4. The molecule has 0 aromatic heterocycles. The van der Waals surface area contributed by atoms with Gasteiger partial charge in [-0.1, -0.05) is 6.92 Å². The van der Waals surface area contributed by atoms with Gasteiger partial charge in [0, 0.05) is 5.92 Å². The van der Waals surface area contributed by atoms with Crippen molar-refractivity contribution in [2.75, 3.05) is 0 Å². The molecule has 0 unspecified atom stereocenters. The topological polar surface area (TPSA) is 35.5 Å². The van der Waals surface area contributed by atoms with Gasteiger partial charge in [0.1, 0.15) is 0 Å². The summed E-state index contributed by atoms with van der Waals surface area (Å²) in [6.07, 6.45) is 0. The Labute approximate surface area is 76.3 Å². The van der Waals surface area contributed by atoms with Gasteiger partial charge in [-0.25, -0.2) is 0 Å². The van der Waals surface area contributed by atoms with Crippen LogP contribution in [0.1, 0.15) is 34.6 Å². The van der Waals surface area contributed by atoms with Crippen molar-refractivity contribution in [1.29, 1.82) is 0 Å². The van der Waals surface area contributed by atoms with Crippen LogP contribution in [0.4, 0.5) is 0 Å². The molecule has 0 saturated carbocycles. The standard InChI is InChI=1S/C8H16O3S/c1-6-7(2,3)10-12(9)11-8(6,4)5/h6H,1-5H3. The molecular formula is C8H16O3S. The fraction of sp³-hybridized carbons (Fsp3) is 1.00. The van der Waals surface area contributed by atoms with E-state index in [-0.39, 0.29) is 17.1 Å². The molecule has 12 heavy (non-hydrogen) atoms. The summed E-state index contributed by atoms with van der Waals surface area (Å²) in [7, 11) is 0. The molecule has 0 atom stereocenters. The third-order valence-corrected chi connectivity index (χ3v) is 3.78. The predicted molar refractivity (Wildman–Crippen MR) is 47.6 cm³/mol. The molecule has 72 valence electrons. The van der Waals surface area contributed by atoms with Crippen LogP contribution in [0, 0.1) is 5.92 Å². The average Bonchev–Trinajstić information content (AvgIpc) is 1.80. The van der Waals surface area contributed by atoms with E-state index in [1.165, 1.54) is 0 Å². The molecule has 1 saturated heterocycles. The summed E-state index contributed by atoms with van der Waals surface area (Å²) in [6.45, 7) is 9.76. The highest BCUT2D eigenvalue weighted by Crippen LogP contribution is 2.38. The number of hydrogen-bond donors (Lipinski definition) is 0. The van der Waals surface area contributed by atoms with Gasteiger partial charge < -0.3 is 0 Å². The molecule has 1 aliphatic heterocycles. The van der Waals surface area contributed by atoms with Crippen molar-refractivity contribution in [1.82, 2.24) is 0 Å². The Bertz CT molecular complexity index is 190. The fourth-order valence-corrected chi connectivity index (χ4v) is 2.37. The molecule has 3 nitrogen and oxygen atoms in total. The lowest BCUT2D eigenvalue weighted by molar-refractivity contribution is -0.0934. The van der Waals surface area contributed by atoms with E-state index in [0.29, 0.717) is 0 Å². The zero-order valence-corrected chi connectivity index (χ0v) is 9.03. The van der Waals surface area contributed by atoms with Crippen molar-refractivity contribution >= 4 is 11.4 Å². The molecule has 1 heterocycles. The molecule has 4 heteroatoms. The van der Waals surface area contributed by atoms with Crippen LogP contribution in [0.25, 0.3) is 0 Å². The summed E-state index contributed by atoms with van der Waals surface area (Å²) in [5, 5.41) is 0.